The van der Waals surface area contributed by atoms with Gasteiger partial charge in [-0.15, -0.1) is 0 Å². The number of nitrogens with zero attached hydrogens (tertiary/aromatic N) is 1. The van der Waals surface area contributed by atoms with Gasteiger partial charge in [-0.1, -0.05) is 20.3 Å². The fourth-order valence-corrected chi connectivity index (χ4v) is 3.42. The third-order valence-electron chi connectivity index (χ3n) is 3.00. The lowest BCUT2D eigenvalue weighted by Gasteiger charge is -2.20. The second-order valence-corrected chi connectivity index (χ2v) is 6.32. The van der Waals surface area contributed by atoms with Gasteiger partial charge in [0.25, 0.3) is 0 Å². The molecular formula is C13H21FN2O3S. The van der Waals surface area contributed by atoms with E-state index < -0.39 is 15.8 Å². The summed E-state index contributed by atoms with van der Waals surface area (Å²) in [6, 6.07) is 2.17. The second kappa shape index (κ2) is 6.90. The number of nitrogens with two attached hydrogens (primary N) is 1. The van der Waals surface area contributed by atoms with Crippen molar-refractivity contribution < 1.29 is 17.5 Å². The molecule has 5 nitrogen and oxygen atoms in total. The molecule has 2 N–H and O–H groups in total. The lowest BCUT2D eigenvalue weighted by atomic mass is 10.3. The van der Waals surface area contributed by atoms with Gasteiger partial charge in [-0.3, -0.25) is 0 Å². The summed E-state index contributed by atoms with van der Waals surface area (Å²) in [7, 11) is -2.46. The molecule has 0 saturated carbocycles. The number of hydrogen-bond donors (Lipinski definition) is 1. The van der Waals surface area contributed by atoms with E-state index in [9.17, 15) is 12.8 Å². The van der Waals surface area contributed by atoms with Gasteiger partial charge < -0.3 is 10.5 Å². The molecule has 0 radical (unpaired) electrons. The van der Waals surface area contributed by atoms with Gasteiger partial charge in [-0.25, -0.2) is 12.8 Å². The lowest BCUT2D eigenvalue weighted by Crippen LogP contribution is -2.32. The highest BCUT2D eigenvalue weighted by atomic mass is 32.2. The summed E-state index contributed by atoms with van der Waals surface area (Å²) in [5.74, 6) is -0.918. The minimum Gasteiger partial charge on any atom is -0.492 e. The lowest BCUT2D eigenvalue weighted by molar-refractivity contribution is 0.387. The second-order valence-electron chi connectivity index (χ2n) is 4.38. The van der Waals surface area contributed by atoms with Crippen LogP contribution in [0.5, 0.6) is 5.75 Å². The Morgan fingerprint density at radius 2 is 2.00 bits per heavy atom. The molecule has 1 aromatic rings. The predicted octanol–water partition coefficient (Wildman–Crippen LogP) is 2.23. The summed E-state index contributed by atoms with van der Waals surface area (Å²) in [5, 5.41) is 0. The average molecular weight is 304 g/mol. The minimum atomic E-state index is -3.74. The number of benzene rings is 1. The van der Waals surface area contributed by atoms with Crippen LogP contribution in [0.4, 0.5) is 10.1 Å². The van der Waals surface area contributed by atoms with E-state index in [0.717, 1.165) is 18.9 Å². The molecule has 114 valence electrons. The van der Waals surface area contributed by atoms with E-state index in [1.807, 2.05) is 6.92 Å². The Kier molecular flexibility index (Phi) is 5.76. The van der Waals surface area contributed by atoms with E-state index in [1.165, 1.54) is 17.5 Å². The normalized spacial score (nSPS) is 11.8. The molecule has 0 aromatic heterocycles. The van der Waals surface area contributed by atoms with Crippen molar-refractivity contribution in [3.05, 3.63) is 17.9 Å². The molecule has 0 aliphatic carbocycles. The van der Waals surface area contributed by atoms with Crippen molar-refractivity contribution in [2.75, 3.05) is 25.9 Å². The van der Waals surface area contributed by atoms with E-state index in [4.69, 9.17) is 10.5 Å². The number of nitrogen functional groups attached to an aromatic ring is 1. The zero-order valence-corrected chi connectivity index (χ0v) is 12.8. The van der Waals surface area contributed by atoms with Crippen LogP contribution in [0.2, 0.25) is 0 Å². The van der Waals surface area contributed by atoms with Crippen LogP contribution in [0.15, 0.2) is 17.0 Å². The maximum atomic E-state index is 13.8. The SMILES string of the molecule is CCCCN(CC)S(=O)(=O)c1cc(N)c(OC)c(F)c1. The topological polar surface area (TPSA) is 72.6 Å². The Morgan fingerprint density at radius 3 is 2.45 bits per heavy atom. The Balaban J connectivity index is 3.21. The summed E-state index contributed by atoms with van der Waals surface area (Å²) in [4.78, 5) is -0.147. The predicted molar refractivity (Wildman–Crippen MR) is 76.7 cm³/mol. The first-order valence-electron chi connectivity index (χ1n) is 6.51. The number of rotatable bonds is 7. The van der Waals surface area contributed by atoms with Crippen LogP contribution >= 0.6 is 0 Å². The van der Waals surface area contributed by atoms with E-state index in [0.29, 0.717) is 13.1 Å². The molecule has 0 saturated heterocycles. The highest BCUT2D eigenvalue weighted by Gasteiger charge is 2.25. The number of anilines is 1. The summed E-state index contributed by atoms with van der Waals surface area (Å²) in [5.41, 5.74) is 5.59. The fraction of sp³-hybridized carbons (Fsp3) is 0.538. The first-order valence-corrected chi connectivity index (χ1v) is 7.95. The van der Waals surface area contributed by atoms with Crippen molar-refractivity contribution in [2.45, 2.75) is 31.6 Å². The zero-order valence-electron chi connectivity index (χ0n) is 12.0. The summed E-state index contributed by atoms with van der Waals surface area (Å²) in [6.45, 7) is 4.46. The van der Waals surface area contributed by atoms with Gasteiger partial charge >= 0.3 is 0 Å². The van der Waals surface area contributed by atoms with Crippen molar-refractivity contribution in [1.29, 1.82) is 0 Å². The monoisotopic (exact) mass is 304 g/mol. The van der Waals surface area contributed by atoms with Crippen molar-refractivity contribution in [3.8, 4) is 5.75 Å². The molecule has 0 unspecified atom stereocenters. The number of unbranched alkanes of at least 4 members (excludes halogenated alkanes) is 1. The van der Waals surface area contributed by atoms with Gasteiger partial charge in [0.1, 0.15) is 0 Å². The molecular weight excluding hydrogens is 283 g/mol. The molecule has 20 heavy (non-hydrogen) atoms. The molecule has 0 bridgehead atoms. The maximum absolute atomic E-state index is 13.8. The fourth-order valence-electron chi connectivity index (χ4n) is 1.88. The van der Waals surface area contributed by atoms with Gasteiger partial charge in [0.15, 0.2) is 11.6 Å². The smallest absolute Gasteiger partial charge is 0.243 e. The van der Waals surface area contributed by atoms with E-state index >= 15 is 0 Å². The van der Waals surface area contributed by atoms with E-state index in [2.05, 4.69) is 0 Å². The molecule has 0 spiro atoms. The van der Waals surface area contributed by atoms with Crippen LogP contribution in [0.1, 0.15) is 26.7 Å². The molecule has 0 amide bonds. The van der Waals surface area contributed by atoms with Gasteiger partial charge in [-0.05, 0) is 18.6 Å². The molecule has 0 aliphatic heterocycles. The van der Waals surface area contributed by atoms with Crippen LogP contribution in [-0.4, -0.2) is 32.9 Å². The van der Waals surface area contributed by atoms with Crippen LogP contribution < -0.4 is 10.5 Å². The Bertz CT molecular complexity index is 538. The number of ether oxygens (including phenoxy) is 1. The van der Waals surface area contributed by atoms with Crippen LogP contribution in [-0.2, 0) is 10.0 Å². The zero-order chi connectivity index (χ0) is 15.3. The Morgan fingerprint density at radius 1 is 1.35 bits per heavy atom. The molecule has 1 rings (SSSR count). The molecule has 1 aromatic carbocycles. The Labute approximate surface area is 119 Å². The molecule has 0 fully saturated rings. The van der Waals surface area contributed by atoms with Gasteiger partial charge in [-0.2, -0.15) is 4.31 Å². The van der Waals surface area contributed by atoms with E-state index in [-0.39, 0.29) is 16.3 Å². The van der Waals surface area contributed by atoms with Crippen molar-refractivity contribution in [1.82, 2.24) is 4.31 Å². The first kappa shape index (κ1) is 16.7. The van der Waals surface area contributed by atoms with Crippen LogP contribution in [0, 0.1) is 5.82 Å². The third kappa shape index (κ3) is 3.40. The van der Waals surface area contributed by atoms with Gasteiger partial charge in [0.05, 0.1) is 17.7 Å². The standard InChI is InChI=1S/C13H21FN2O3S/c1-4-6-7-16(5-2)20(17,18)10-8-11(14)13(19-3)12(15)9-10/h8-9H,4-7,15H2,1-3H3. The van der Waals surface area contributed by atoms with Gasteiger partial charge in [0, 0.05) is 13.1 Å². The first-order chi connectivity index (χ1) is 9.38. The van der Waals surface area contributed by atoms with Crippen LogP contribution in [0.3, 0.4) is 0 Å². The molecule has 0 heterocycles. The quantitative estimate of drug-likeness (QED) is 0.784. The Hall–Kier alpha value is -1.34. The molecule has 7 heteroatoms. The highest BCUT2D eigenvalue weighted by Crippen LogP contribution is 2.29. The highest BCUT2D eigenvalue weighted by molar-refractivity contribution is 7.89. The van der Waals surface area contributed by atoms with Crippen molar-refractivity contribution in [3.63, 3.8) is 0 Å². The molecule has 0 atom stereocenters. The number of methoxy groups -OCH3 is 1. The average Bonchev–Trinajstić information content (AvgIpc) is 2.39. The largest absolute Gasteiger partial charge is 0.492 e. The summed E-state index contributed by atoms with van der Waals surface area (Å²) < 4.78 is 44.7. The van der Waals surface area contributed by atoms with Gasteiger partial charge in [0.2, 0.25) is 10.0 Å². The maximum Gasteiger partial charge on any atom is 0.243 e. The number of hydrogen-bond acceptors (Lipinski definition) is 4. The number of halogens is 1. The summed E-state index contributed by atoms with van der Waals surface area (Å²) >= 11 is 0. The molecule has 0 aliphatic rings. The van der Waals surface area contributed by atoms with Crippen LogP contribution in [0.25, 0.3) is 0 Å². The minimum absolute atomic E-state index is 0.0300. The summed E-state index contributed by atoms with van der Waals surface area (Å²) in [6.07, 6.45) is 1.63. The number of sulfonamides is 1. The third-order valence-corrected chi connectivity index (χ3v) is 4.95. The van der Waals surface area contributed by atoms with E-state index in [1.54, 1.807) is 6.92 Å². The van der Waals surface area contributed by atoms with Crippen molar-refractivity contribution >= 4 is 15.7 Å². The van der Waals surface area contributed by atoms with Crippen molar-refractivity contribution in [2.24, 2.45) is 0 Å².